The van der Waals surface area contributed by atoms with Crippen molar-refractivity contribution in [2.45, 2.75) is 91.6 Å². The third-order valence-corrected chi connectivity index (χ3v) is 6.89. The molecule has 2 unspecified atom stereocenters. The molecule has 7 heteroatoms. The zero-order valence-corrected chi connectivity index (χ0v) is 26.2. The van der Waals surface area contributed by atoms with Crippen LogP contribution in [-0.2, 0) is 27.3 Å². The quantitative estimate of drug-likeness (QED) is 0.310. The lowest BCUT2D eigenvalue weighted by Crippen LogP contribution is -2.59. The highest BCUT2D eigenvalue weighted by Crippen LogP contribution is 2.31. The van der Waals surface area contributed by atoms with E-state index in [4.69, 9.17) is 4.74 Å². The highest BCUT2D eigenvalue weighted by atomic mass is 16.6. The number of nitrogens with one attached hydrogen (secondary N) is 2. The highest BCUT2D eigenvalue weighted by Gasteiger charge is 2.42. The van der Waals surface area contributed by atoms with Gasteiger partial charge in [0.05, 0.1) is 0 Å². The van der Waals surface area contributed by atoms with Crippen LogP contribution in [-0.4, -0.2) is 40.0 Å². The molecular weight excluding hydrogens is 526 g/mol. The standard InChI is InChI=1S/C35H45N3O4/c1-24-19-20-28(21-25(24)2)30(31(39)36-23-27-17-13-10-14-18-27)38(34(3,4)5)32(40)29(22-26-15-11-9-12-16-26)37-33(41)42-35(6,7)8/h9-21,29-30H,22-23H2,1-8H3,(H,36,39)(H,37,41). The topological polar surface area (TPSA) is 87.7 Å². The van der Waals surface area contributed by atoms with Gasteiger partial charge >= 0.3 is 6.09 Å². The van der Waals surface area contributed by atoms with Gasteiger partial charge in [-0.2, -0.15) is 0 Å². The fourth-order valence-corrected chi connectivity index (χ4v) is 4.75. The van der Waals surface area contributed by atoms with E-state index in [1.54, 1.807) is 25.7 Å². The molecule has 0 saturated heterocycles. The number of hydrogen-bond acceptors (Lipinski definition) is 4. The number of carbonyl (C=O) groups excluding carboxylic acids is 3. The van der Waals surface area contributed by atoms with Gasteiger partial charge in [0.2, 0.25) is 11.8 Å². The van der Waals surface area contributed by atoms with Crippen LogP contribution in [0.15, 0.2) is 78.9 Å². The molecule has 0 radical (unpaired) electrons. The van der Waals surface area contributed by atoms with Crippen LogP contribution >= 0.6 is 0 Å². The summed E-state index contributed by atoms with van der Waals surface area (Å²) in [4.78, 5) is 43.3. The summed E-state index contributed by atoms with van der Waals surface area (Å²) in [6.07, 6.45) is -0.460. The third kappa shape index (κ3) is 9.20. The van der Waals surface area contributed by atoms with E-state index in [9.17, 15) is 14.4 Å². The molecule has 0 aliphatic rings. The molecule has 0 aromatic heterocycles. The van der Waals surface area contributed by atoms with Crippen molar-refractivity contribution in [2.24, 2.45) is 0 Å². The molecule has 2 N–H and O–H groups in total. The van der Waals surface area contributed by atoms with Gasteiger partial charge in [0.15, 0.2) is 0 Å². The van der Waals surface area contributed by atoms with Crippen molar-refractivity contribution in [2.75, 3.05) is 0 Å². The normalized spacial score (nSPS) is 13.0. The summed E-state index contributed by atoms with van der Waals surface area (Å²) in [7, 11) is 0. The average molecular weight is 572 g/mol. The SMILES string of the molecule is Cc1ccc(C(C(=O)NCc2ccccc2)N(C(=O)C(Cc2ccccc2)NC(=O)OC(C)(C)C)C(C)(C)C)cc1C. The number of alkyl carbamates (subject to hydrolysis) is 1. The van der Waals surface area contributed by atoms with Gasteiger partial charge in [-0.1, -0.05) is 78.9 Å². The van der Waals surface area contributed by atoms with Gasteiger partial charge in [0, 0.05) is 18.5 Å². The Hall–Kier alpha value is -4.13. The summed E-state index contributed by atoms with van der Waals surface area (Å²) in [5, 5.41) is 5.87. The van der Waals surface area contributed by atoms with Crippen LogP contribution in [0, 0.1) is 13.8 Å². The van der Waals surface area contributed by atoms with Gasteiger partial charge in [-0.15, -0.1) is 0 Å². The summed E-state index contributed by atoms with van der Waals surface area (Å²) in [5.41, 5.74) is 3.10. The number of hydrogen-bond donors (Lipinski definition) is 2. The molecule has 0 aliphatic carbocycles. The molecule has 3 rings (SSSR count). The van der Waals surface area contributed by atoms with E-state index in [1.165, 1.54) is 0 Å². The second-order valence-electron chi connectivity index (χ2n) is 12.7. The molecule has 3 aromatic carbocycles. The van der Waals surface area contributed by atoms with E-state index in [-0.39, 0.29) is 18.2 Å². The van der Waals surface area contributed by atoms with Crippen molar-refractivity contribution in [3.8, 4) is 0 Å². The molecule has 3 aromatic rings. The largest absolute Gasteiger partial charge is 0.444 e. The average Bonchev–Trinajstić information content (AvgIpc) is 2.90. The number of benzene rings is 3. The molecule has 224 valence electrons. The summed E-state index contributed by atoms with van der Waals surface area (Å²) >= 11 is 0. The van der Waals surface area contributed by atoms with Crippen molar-refractivity contribution >= 4 is 17.9 Å². The summed E-state index contributed by atoms with van der Waals surface area (Å²) in [6.45, 7) is 15.3. The lowest BCUT2D eigenvalue weighted by Gasteiger charge is -2.43. The van der Waals surface area contributed by atoms with Crippen LogP contribution in [0.4, 0.5) is 4.79 Å². The summed E-state index contributed by atoms with van der Waals surface area (Å²) in [5.74, 6) is -0.684. The smallest absolute Gasteiger partial charge is 0.408 e. The van der Waals surface area contributed by atoms with E-state index in [2.05, 4.69) is 10.6 Å². The molecule has 0 saturated carbocycles. The van der Waals surface area contributed by atoms with Gasteiger partial charge in [-0.25, -0.2) is 4.79 Å². The van der Waals surface area contributed by atoms with E-state index >= 15 is 0 Å². The molecule has 2 atom stereocenters. The van der Waals surface area contributed by atoms with Gasteiger partial charge in [0.25, 0.3) is 0 Å². The Bertz CT molecular complexity index is 1360. The van der Waals surface area contributed by atoms with Crippen LogP contribution in [0.1, 0.15) is 75.4 Å². The van der Waals surface area contributed by atoms with Gasteiger partial charge in [0.1, 0.15) is 17.7 Å². The van der Waals surface area contributed by atoms with Gasteiger partial charge in [-0.3, -0.25) is 9.59 Å². The Kier molecular flexibility index (Phi) is 10.6. The molecular formula is C35H45N3O4. The first kappa shape index (κ1) is 32.4. The minimum atomic E-state index is -0.975. The first-order chi connectivity index (χ1) is 19.7. The van der Waals surface area contributed by atoms with Crippen molar-refractivity contribution in [1.82, 2.24) is 15.5 Å². The fraction of sp³-hybridized carbons (Fsp3) is 0.400. The Morgan fingerprint density at radius 2 is 1.36 bits per heavy atom. The first-order valence-electron chi connectivity index (χ1n) is 14.4. The van der Waals surface area contributed by atoms with Crippen LogP contribution < -0.4 is 10.6 Å². The maximum absolute atomic E-state index is 14.6. The van der Waals surface area contributed by atoms with Gasteiger partial charge < -0.3 is 20.3 Å². The number of aryl methyl sites for hydroxylation is 2. The van der Waals surface area contributed by atoms with E-state index in [0.29, 0.717) is 12.1 Å². The van der Waals surface area contributed by atoms with Crippen LogP contribution in [0.25, 0.3) is 0 Å². The maximum Gasteiger partial charge on any atom is 0.408 e. The second-order valence-corrected chi connectivity index (χ2v) is 12.7. The number of nitrogens with zero attached hydrogens (tertiary/aromatic N) is 1. The van der Waals surface area contributed by atoms with Crippen molar-refractivity contribution in [3.05, 3.63) is 107 Å². The molecule has 0 fully saturated rings. The highest BCUT2D eigenvalue weighted by molar-refractivity contribution is 5.93. The van der Waals surface area contributed by atoms with Crippen molar-refractivity contribution in [3.63, 3.8) is 0 Å². The van der Waals surface area contributed by atoms with Crippen molar-refractivity contribution < 1.29 is 19.1 Å². The third-order valence-electron chi connectivity index (χ3n) is 6.89. The zero-order valence-electron chi connectivity index (χ0n) is 26.2. The van der Waals surface area contributed by atoms with Crippen LogP contribution in [0.3, 0.4) is 0 Å². The maximum atomic E-state index is 14.6. The van der Waals surface area contributed by atoms with E-state index < -0.39 is 29.3 Å². The molecule has 0 spiro atoms. The van der Waals surface area contributed by atoms with E-state index in [0.717, 1.165) is 22.3 Å². The molecule has 42 heavy (non-hydrogen) atoms. The molecule has 7 nitrogen and oxygen atoms in total. The Morgan fingerprint density at radius 1 is 0.786 bits per heavy atom. The van der Waals surface area contributed by atoms with Crippen LogP contribution in [0.5, 0.6) is 0 Å². The summed E-state index contributed by atoms with van der Waals surface area (Å²) < 4.78 is 5.53. The number of rotatable bonds is 9. The fourth-order valence-electron chi connectivity index (χ4n) is 4.75. The Morgan fingerprint density at radius 3 is 1.88 bits per heavy atom. The first-order valence-corrected chi connectivity index (χ1v) is 14.4. The lowest BCUT2D eigenvalue weighted by atomic mass is 9.92. The van der Waals surface area contributed by atoms with Crippen molar-refractivity contribution in [1.29, 1.82) is 0 Å². The number of amides is 3. The number of ether oxygens (including phenoxy) is 1. The predicted molar refractivity (Wildman–Crippen MR) is 167 cm³/mol. The van der Waals surface area contributed by atoms with E-state index in [1.807, 2.05) is 113 Å². The van der Waals surface area contributed by atoms with Gasteiger partial charge in [-0.05, 0) is 83.2 Å². The predicted octanol–water partition coefficient (Wildman–Crippen LogP) is 6.42. The zero-order chi connectivity index (χ0) is 31.1. The lowest BCUT2D eigenvalue weighted by molar-refractivity contribution is -0.148. The monoisotopic (exact) mass is 571 g/mol. The molecule has 0 bridgehead atoms. The second kappa shape index (κ2) is 13.7. The minimum Gasteiger partial charge on any atom is -0.444 e. The minimum absolute atomic E-state index is 0.233. The summed E-state index contributed by atoms with van der Waals surface area (Å²) in [6, 6.07) is 23.1. The Balaban J connectivity index is 2.07. The molecule has 0 heterocycles. The molecule has 3 amide bonds. The Labute approximate surface area is 250 Å². The number of carbonyl (C=O) groups is 3. The van der Waals surface area contributed by atoms with Crippen LogP contribution in [0.2, 0.25) is 0 Å². The molecule has 0 aliphatic heterocycles.